The molecule has 0 atom stereocenters. The maximum Gasteiger partial charge on any atom is 0.337 e. The second kappa shape index (κ2) is 5.96. The summed E-state index contributed by atoms with van der Waals surface area (Å²) in [4.78, 5) is 11.0. The second-order valence-corrected chi connectivity index (χ2v) is 5.39. The lowest BCUT2D eigenvalue weighted by molar-refractivity contribution is 0.0698. The number of nitrogens with two attached hydrogens (primary N) is 1. The lowest BCUT2D eigenvalue weighted by atomic mass is 9.98. The molecule has 0 aromatic heterocycles. The topological polar surface area (TPSA) is 104 Å². The predicted molar refractivity (Wildman–Crippen MR) is 92.0 cm³/mol. The van der Waals surface area contributed by atoms with E-state index in [1.165, 1.54) is 18.2 Å². The number of carboxylic acid groups (broad SMARTS) is 1. The fourth-order valence-corrected chi connectivity index (χ4v) is 2.50. The van der Waals surface area contributed by atoms with Gasteiger partial charge in [-0.3, -0.25) is 0 Å². The van der Waals surface area contributed by atoms with E-state index in [2.05, 4.69) is 0 Å². The number of aromatic carboxylic acids is 1. The Balaban J connectivity index is 1.93. The first-order valence-electron chi connectivity index (χ1n) is 7.21. The first-order chi connectivity index (χ1) is 11.5. The van der Waals surface area contributed by atoms with Gasteiger partial charge in [0, 0.05) is 5.69 Å². The number of anilines is 1. The average Bonchev–Trinajstić information content (AvgIpc) is 2.57. The van der Waals surface area contributed by atoms with Gasteiger partial charge in [-0.1, -0.05) is 36.4 Å². The predicted octanol–water partition coefficient (Wildman–Crippen LogP) is 3.71. The summed E-state index contributed by atoms with van der Waals surface area (Å²) in [6.45, 7) is 0. The molecule has 0 aliphatic heterocycles. The third kappa shape index (κ3) is 2.87. The van der Waals surface area contributed by atoms with Crippen LogP contribution in [0.4, 0.5) is 5.69 Å². The van der Waals surface area contributed by atoms with E-state index in [-0.39, 0.29) is 22.7 Å². The fourth-order valence-electron chi connectivity index (χ4n) is 2.50. The van der Waals surface area contributed by atoms with E-state index >= 15 is 0 Å². The van der Waals surface area contributed by atoms with Crippen LogP contribution in [0.2, 0.25) is 0 Å². The van der Waals surface area contributed by atoms with Crippen LogP contribution in [-0.4, -0.2) is 21.3 Å². The maximum atomic E-state index is 11.0. The third-order valence-corrected chi connectivity index (χ3v) is 3.81. The zero-order valence-corrected chi connectivity index (χ0v) is 12.6. The molecule has 5 heteroatoms. The molecule has 0 amide bonds. The van der Waals surface area contributed by atoms with Gasteiger partial charge in [0.05, 0.1) is 5.56 Å². The van der Waals surface area contributed by atoms with Crippen molar-refractivity contribution in [3.05, 3.63) is 66.2 Å². The SMILES string of the molecule is Nc1cc(-c2ccc(-c3ccc(O)c(O)c3)cc2)ccc1C(=O)O. The quantitative estimate of drug-likeness (QED) is 0.435. The van der Waals surface area contributed by atoms with Crippen molar-refractivity contribution in [2.24, 2.45) is 0 Å². The molecular weight excluding hydrogens is 306 g/mol. The number of nitrogen functional groups attached to an aromatic ring is 1. The molecule has 0 heterocycles. The van der Waals surface area contributed by atoms with Gasteiger partial charge in [-0.25, -0.2) is 4.79 Å². The Morgan fingerprint density at radius 3 is 1.71 bits per heavy atom. The third-order valence-electron chi connectivity index (χ3n) is 3.81. The number of phenols is 2. The smallest absolute Gasteiger partial charge is 0.337 e. The highest BCUT2D eigenvalue weighted by molar-refractivity contribution is 5.94. The van der Waals surface area contributed by atoms with E-state index in [1.807, 2.05) is 24.3 Å². The minimum Gasteiger partial charge on any atom is -0.504 e. The summed E-state index contributed by atoms with van der Waals surface area (Å²) in [5, 5.41) is 28.0. The van der Waals surface area contributed by atoms with Gasteiger partial charge in [-0.05, 0) is 46.5 Å². The van der Waals surface area contributed by atoms with Gasteiger partial charge < -0.3 is 21.1 Å². The molecule has 24 heavy (non-hydrogen) atoms. The number of rotatable bonds is 3. The van der Waals surface area contributed by atoms with E-state index in [0.717, 1.165) is 22.3 Å². The molecule has 3 aromatic carbocycles. The summed E-state index contributed by atoms with van der Waals surface area (Å²) in [6.07, 6.45) is 0. The molecule has 0 radical (unpaired) electrons. The number of hydrogen-bond acceptors (Lipinski definition) is 4. The zero-order chi connectivity index (χ0) is 17.3. The molecule has 0 saturated carbocycles. The van der Waals surface area contributed by atoms with Crippen LogP contribution >= 0.6 is 0 Å². The van der Waals surface area contributed by atoms with E-state index in [9.17, 15) is 15.0 Å². The van der Waals surface area contributed by atoms with Gasteiger partial charge in [-0.2, -0.15) is 0 Å². The van der Waals surface area contributed by atoms with Crippen LogP contribution < -0.4 is 5.73 Å². The molecule has 3 rings (SSSR count). The number of carboxylic acids is 1. The van der Waals surface area contributed by atoms with Crippen molar-refractivity contribution in [1.82, 2.24) is 0 Å². The van der Waals surface area contributed by atoms with E-state index in [4.69, 9.17) is 10.8 Å². The standard InChI is InChI=1S/C19H15NO4/c20-16-9-13(5-7-15(16)19(23)24)11-1-3-12(4-2-11)14-6-8-17(21)18(22)10-14/h1-10,21-22H,20H2,(H,23,24). The molecule has 0 aliphatic rings. The Labute approximate surface area is 138 Å². The van der Waals surface area contributed by atoms with Gasteiger partial charge in [0.1, 0.15) is 0 Å². The summed E-state index contributed by atoms with van der Waals surface area (Å²) in [7, 11) is 0. The fraction of sp³-hybridized carbons (Fsp3) is 0. The molecule has 0 fully saturated rings. The Hall–Kier alpha value is -3.47. The number of aromatic hydroxyl groups is 2. The summed E-state index contributed by atoms with van der Waals surface area (Å²) in [6, 6.07) is 17.0. The highest BCUT2D eigenvalue weighted by Crippen LogP contribution is 2.32. The lowest BCUT2D eigenvalue weighted by Crippen LogP contribution is -2.02. The van der Waals surface area contributed by atoms with Crippen molar-refractivity contribution in [2.75, 3.05) is 5.73 Å². The number of phenolic OH excluding ortho intramolecular Hbond substituents is 2. The Kier molecular flexibility index (Phi) is 3.83. The minimum absolute atomic E-state index is 0.0786. The first kappa shape index (κ1) is 15.4. The van der Waals surface area contributed by atoms with Crippen molar-refractivity contribution < 1.29 is 20.1 Å². The first-order valence-corrected chi connectivity index (χ1v) is 7.21. The van der Waals surface area contributed by atoms with Gasteiger partial charge in [-0.15, -0.1) is 0 Å². The molecule has 120 valence electrons. The summed E-state index contributed by atoms with van der Waals surface area (Å²) >= 11 is 0. The van der Waals surface area contributed by atoms with E-state index in [1.54, 1.807) is 18.2 Å². The van der Waals surface area contributed by atoms with Crippen LogP contribution in [0, 0.1) is 0 Å². The number of carbonyl (C=O) groups is 1. The Bertz CT molecular complexity index is 917. The monoisotopic (exact) mass is 321 g/mol. The maximum absolute atomic E-state index is 11.0. The van der Waals surface area contributed by atoms with Crippen LogP contribution in [0.1, 0.15) is 10.4 Å². The molecule has 0 saturated heterocycles. The van der Waals surface area contributed by atoms with Crippen LogP contribution in [-0.2, 0) is 0 Å². The van der Waals surface area contributed by atoms with Crippen LogP contribution in [0.5, 0.6) is 11.5 Å². The van der Waals surface area contributed by atoms with Crippen LogP contribution in [0.3, 0.4) is 0 Å². The van der Waals surface area contributed by atoms with Crippen LogP contribution in [0.25, 0.3) is 22.3 Å². The summed E-state index contributed by atoms with van der Waals surface area (Å²) in [5.74, 6) is -1.39. The highest BCUT2D eigenvalue weighted by Gasteiger charge is 2.09. The molecule has 3 aromatic rings. The summed E-state index contributed by atoms with van der Waals surface area (Å²) in [5.41, 5.74) is 9.44. The average molecular weight is 321 g/mol. The van der Waals surface area contributed by atoms with Gasteiger partial charge >= 0.3 is 5.97 Å². The zero-order valence-electron chi connectivity index (χ0n) is 12.6. The number of hydrogen-bond donors (Lipinski definition) is 4. The van der Waals surface area contributed by atoms with Crippen molar-refractivity contribution in [3.8, 4) is 33.8 Å². The number of benzene rings is 3. The Morgan fingerprint density at radius 1 is 0.708 bits per heavy atom. The molecule has 0 unspecified atom stereocenters. The largest absolute Gasteiger partial charge is 0.504 e. The van der Waals surface area contributed by atoms with Gasteiger partial charge in [0.2, 0.25) is 0 Å². The second-order valence-electron chi connectivity index (χ2n) is 5.39. The molecule has 5 N–H and O–H groups in total. The lowest BCUT2D eigenvalue weighted by Gasteiger charge is -2.08. The molecule has 0 aliphatic carbocycles. The van der Waals surface area contributed by atoms with Gasteiger partial charge in [0.25, 0.3) is 0 Å². The van der Waals surface area contributed by atoms with E-state index in [0.29, 0.717) is 0 Å². The molecule has 0 bridgehead atoms. The van der Waals surface area contributed by atoms with Crippen molar-refractivity contribution in [1.29, 1.82) is 0 Å². The normalized spacial score (nSPS) is 10.5. The van der Waals surface area contributed by atoms with Crippen LogP contribution in [0.15, 0.2) is 60.7 Å². The summed E-state index contributed by atoms with van der Waals surface area (Å²) < 4.78 is 0. The van der Waals surface area contributed by atoms with Crippen molar-refractivity contribution in [2.45, 2.75) is 0 Å². The van der Waals surface area contributed by atoms with Gasteiger partial charge in [0.15, 0.2) is 11.5 Å². The molecular formula is C19H15NO4. The minimum atomic E-state index is -1.05. The van der Waals surface area contributed by atoms with E-state index < -0.39 is 5.97 Å². The molecule has 0 spiro atoms. The Morgan fingerprint density at radius 2 is 1.21 bits per heavy atom. The van der Waals surface area contributed by atoms with Crippen molar-refractivity contribution in [3.63, 3.8) is 0 Å². The van der Waals surface area contributed by atoms with Crippen molar-refractivity contribution >= 4 is 11.7 Å². The molecule has 5 nitrogen and oxygen atoms in total. The highest BCUT2D eigenvalue weighted by atomic mass is 16.4.